The number of hydroxylamine groups is 2. The molecule has 0 spiro atoms. The number of nitrogen functional groups attached to an aromatic ring is 2. The smallest absolute Gasteiger partial charge is 0.319 e. The number of benzene rings is 2. The number of fused-ring (bicyclic) bond motifs is 5. The van der Waals surface area contributed by atoms with E-state index in [4.69, 9.17) is 21.1 Å². The van der Waals surface area contributed by atoms with Gasteiger partial charge in [0.25, 0.3) is 0 Å². The Labute approximate surface area is 270 Å². The van der Waals surface area contributed by atoms with E-state index < -0.39 is 0 Å². The second-order valence-electron chi connectivity index (χ2n) is 15.4. The average molecular weight is 614 g/mol. The molecule has 6 rings (SSSR count). The zero-order chi connectivity index (χ0) is 31.6. The average Bonchev–Trinajstić information content (AvgIpc) is 3.39. The summed E-state index contributed by atoms with van der Waals surface area (Å²) in [7, 11) is 0. The highest BCUT2D eigenvalue weighted by Gasteiger charge is 2.60. The van der Waals surface area contributed by atoms with Gasteiger partial charge in [0, 0.05) is 22.7 Å². The van der Waals surface area contributed by atoms with Crippen molar-refractivity contribution in [3.63, 3.8) is 0 Å². The van der Waals surface area contributed by atoms with Gasteiger partial charge in [-0.1, -0.05) is 46.1 Å². The quantitative estimate of drug-likeness (QED) is 0.121. The van der Waals surface area contributed by atoms with Gasteiger partial charge in [-0.2, -0.15) is 0 Å². The van der Waals surface area contributed by atoms with Gasteiger partial charge in [0.1, 0.15) is 0 Å². The number of hydrogen-bond acceptors (Lipinski definition) is 5. The second-order valence-corrected chi connectivity index (χ2v) is 15.4. The van der Waals surface area contributed by atoms with E-state index in [-0.39, 0.29) is 5.91 Å². The van der Waals surface area contributed by atoms with Gasteiger partial charge < -0.3 is 21.1 Å². The van der Waals surface area contributed by atoms with E-state index in [1.54, 1.807) is 54.6 Å². The number of unbranched alkanes of at least 4 members (excludes halogenated alkanes) is 1. The first-order valence-electron chi connectivity index (χ1n) is 17.7. The molecule has 2 aromatic rings. The van der Waals surface area contributed by atoms with Gasteiger partial charge in [0.2, 0.25) is 0 Å². The molecule has 0 aliphatic heterocycles. The largest absolute Gasteiger partial charge is 0.399 e. The third kappa shape index (κ3) is 6.57. The Hall–Kier alpha value is -3.15. The van der Waals surface area contributed by atoms with E-state index in [0.717, 1.165) is 47.7 Å². The Morgan fingerprint density at radius 2 is 1.49 bits per heavy atom. The monoisotopic (exact) mass is 613 g/mol. The molecule has 4 saturated carbocycles. The normalized spacial score (nSPS) is 33.1. The van der Waals surface area contributed by atoms with Gasteiger partial charge in [0.05, 0.1) is 0 Å². The Bertz CT molecular complexity index is 1280. The summed E-state index contributed by atoms with van der Waals surface area (Å²) in [6.07, 6.45) is 21.3. The van der Waals surface area contributed by atoms with Crippen molar-refractivity contribution in [3.05, 3.63) is 60.7 Å². The Kier molecular flexibility index (Phi) is 9.40. The van der Waals surface area contributed by atoms with Crippen molar-refractivity contribution in [2.45, 2.75) is 104 Å². The maximum absolute atomic E-state index is 13.2. The minimum absolute atomic E-state index is 0.388. The molecule has 45 heavy (non-hydrogen) atoms. The van der Waals surface area contributed by atoms with Crippen molar-refractivity contribution in [2.75, 3.05) is 11.5 Å². The van der Waals surface area contributed by atoms with Crippen LogP contribution in [0.5, 0.6) is 11.5 Å². The predicted molar refractivity (Wildman–Crippen MR) is 182 cm³/mol. The lowest BCUT2D eigenvalue weighted by Gasteiger charge is -2.61. The van der Waals surface area contributed by atoms with Gasteiger partial charge in [-0.15, -0.1) is 0 Å². The van der Waals surface area contributed by atoms with Crippen molar-refractivity contribution in [1.82, 2.24) is 5.23 Å². The zero-order valence-corrected chi connectivity index (χ0v) is 27.8. The van der Waals surface area contributed by atoms with Crippen molar-refractivity contribution in [2.24, 2.45) is 46.3 Å². The molecule has 0 radical (unpaired) electrons. The molecule has 2 aromatic carbocycles. The molecule has 2 unspecified atom stereocenters. The molecule has 6 heteroatoms. The van der Waals surface area contributed by atoms with Crippen molar-refractivity contribution in [1.29, 1.82) is 0 Å². The molecule has 244 valence electrons. The molecule has 0 heterocycles. The lowest BCUT2D eigenvalue weighted by atomic mass is 9.44. The van der Waals surface area contributed by atoms with Crippen LogP contribution in [0.25, 0.3) is 0 Å². The highest BCUT2D eigenvalue weighted by Crippen LogP contribution is 2.68. The Morgan fingerprint density at radius 3 is 2.16 bits per heavy atom. The Balaban J connectivity index is 1.02. The molecule has 4 aliphatic carbocycles. The molecule has 6 nitrogen and oxygen atoms in total. The van der Waals surface area contributed by atoms with Gasteiger partial charge in [0.15, 0.2) is 11.5 Å². The molecular weight excluding hydrogens is 558 g/mol. The van der Waals surface area contributed by atoms with E-state index in [1.165, 1.54) is 70.6 Å². The van der Waals surface area contributed by atoms with Gasteiger partial charge in [-0.05, 0) is 159 Å². The number of hydrogen-bond donors (Lipinski definition) is 2. The lowest BCUT2D eigenvalue weighted by molar-refractivity contribution is -0.241. The van der Waals surface area contributed by atoms with Crippen molar-refractivity contribution < 1.29 is 14.5 Å². The van der Waals surface area contributed by atoms with Crippen LogP contribution in [-0.4, -0.2) is 11.1 Å². The van der Waals surface area contributed by atoms with Crippen LogP contribution in [0.15, 0.2) is 60.7 Å². The molecule has 1 amide bonds. The van der Waals surface area contributed by atoms with E-state index in [0.29, 0.717) is 39.6 Å². The molecule has 0 bridgehead atoms. The highest BCUT2D eigenvalue weighted by atomic mass is 17.0. The maximum Gasteiger partial charge on any atom is 0.319 e. The van der Waals surface area contributed by atoms with Gasteiger partial charge in [-0.25, -0.2) is 0 Å². The van der Waals surface area contributed by atoms with Crippen LogP contribution >= 0.6 is 0 Å². The number of rotatable bonds is 10. The fraction of sp³-hybridized carbons (Fsp3) is 0.615. The molecule has 0 aromatic heterocycles. The first kappa shape index (κ1) is 31.8. The number of anilines is 2. The van der Waals surface area contributed by atoms with Crippen LogP contribution < -0.4 is 21.1 Å². The van der Waals surface area contributed by atoms with Crippen LogP contribution in [0.4, 0.5) is 11.4 Å². The van der Waals surface area contributed by atoms with Crippen molar-refractivity contribution >= 4 is 17.3 Å². The van der Waals surface area contributed by atoms with E-state index in [2.05, 4.69) is 20.8 Å². The number of allylic oxidation sites excluding steroid dienone is 1. The second kappa shape index (κ2) is 13.3. The highest BCUT2D eigenvalue weighted by molar-refractivity contribution is 5.86. The number of amides is 1. The van der Waals surface area contributed by atoms with Crippen LogP contribution in [0.2, 0.25) is 0 Å². The summed E-state index contributed by atoms with van der Waals surface area (Å²) in [6, 6.07) is 13.7. The van der Waals surface area contributed by atoms with Crippen LogP contribution in [-0.2, 0) is 4.79 Å². The fourth-order valence-corrected chi connectivity index (χ4v) is 10.6. The molecule has 4 N–H and O–H groups in total. The van der Waals surface area contributed by atoms with Gasteiger partial charge >= 0.3 is 5.91 Å². The molecule has 4 aliphatic rings. The summed E-state index contributed by atoms with van der Waals surface area (Å²) in [6.45, 7) is 7.87. The number of carbonyl (C=O) groups excluding carboxylic acids is 1. The van der Waals surface area contributed by atoms with E-state index in [1.807, 2.05) is 6.08 Å². The Morgan fingerprint density at radius 1 is 0.844 bits per heavy atom. The van der Waals surface area contributed by atoms with Crippen LogP contribution in [0.3, 0.4) is 0 Å². The summed E-state index contributed by atoms with van der Waals surface area (Å²) in [5.41, 5.74) is 14.0. The molecule has 0 saturated heterocycles. The summed E-state index contributed by atoms with van der Waals surface area (Å²) in [4.78, 5) is 24.7. The summed E-state index contributed by atoms with van der Waals surface area (Å²) < 4.78 is 0. The minimum atomic E-state index is -0.388. The third-order valence-electron chi connectivity index (χ3n) is 13.0. The first-order chi connectivity index (χ1) is 21.7. The van der Waals surface area contributed by atoms with Crippen LogP contribution in [0.1, 0.15) is 104 Å². The number of nitrogens with two attached hydrogens (primary N) is 2. The summed E-state index contributed by atoms with van der Waals surface area (Å²) in [5.74, 6) is 5.90. The third-order valence-corrected chi connectivity index (χ3v) is 13.0. The lowest BCUT2D eigenvalue weighted by Crippen LogP contribution is -2.53. The summed E-state index contributed by atoms with van der Waals surface area (Å²) in [5, 5.41) is 0.910. The molecule has 4 fully saturated rings. The fourth-order valence-electron chi connectivity index (χ4n) is 10.6. The first-order valence-corrected chi connectivity index (χ1v) is 17.7. The van der Waals surface area contributed by atoms with Crippen molar-refractivity contribution in [3.8, 4) is 11.5 Å². The summed E-state index contributed by atoms with van der Waals surface area (Å²) >= 11 is 0. The van der Waals surface area contributed by atoms with E-state index >= 15 is 0 Å². The minimum Gasteiger partial charge on any atom is -0.399 e. The standard InChI is InChI=1S/C39H55N3O3/c1-27(34-22-23-35-33-21-12-28-10-7-8-25-38(28,2)36(33)24-26-39(34,35)3)9-5-4-6-11-37(43)42(44-31-17-13-29(40)14-18-31)45-32-19-15-30(41)16-20-32/h6,11,13-20,27-28,33-36H,4-5,7-10,12,21-26,40-41H2,1-3H3/t27?,28?,33-,34+,35-,36-,38-,39+/m0/s1. The number of carbonyl (C=O) groups is 1. The molecular formula is C39H55N3O3. The molecule has 8 atom stereocenters. The predicted octanol–water partition coefficient (Wildman–Crippen LogP) is 9.38. The topological polar surface area (TPSA) is 90.8 Å². The number of nitrogens with zero attached hydrogens (tertiary/aromatic N) is 1. The maximum atomic E-state index is 13.2. The van der Waals surface area contributed by atoms with Gasteiger partial charge in [-0.3, -0.25) is 4.79 Å². The SMILES string of the molecule is CC(CCCC=CC(=O)N(Oc1ccc(N)cc1)Oc1ccc(N)cc1)[C@H]1CC[C@H]2[C@@H]3CCC4CCCC[C@]4(C)[C@H]3CC[C@]12C. The zero-order valence-electron chi connectivity index (χ0n) is 27.8. The van der Waals surface area contributed by atoms with Crippen LogP contribution in [0, 0.1) is 46.3 Å². The van der Waals surface area contributed by atoms with E-state index in [9.17, 15) is 4.79 Å².